The molecule has 5 heteroatoms. The van der Waals surface area contributed by atoms with Crippen LogP contribution in [0.5, 0.6) is 0 Å². The van der Waals surface area contributed by atoms with Gasteiger partial charge in [-0.05, 0) is 31.5 Å². The van der Waals surface area contributed by atoms with Crippen LogP contribution in [-0.4, -0.2) is 11.0 Å². The van der Waals surface area contributed by atoms with E-state index >= 15 is 0 Å². The first-order valence-electron chi connectivity index (χ1n) is 6.12. The number of hydrogen-bond acceptors (Lipinski definition) is 2. The van der Waals surface area contributed by atoms with Crippen molar-refractivity contribution in [1.82, 2.24) is 10.9 Å². The Morgan fingerprint density at radius 2 is 1.71 bits per heavy atom. The zero-order chi connectivity index (χ0) is 12.9. The Kier molecular flexibility index (Phi) is 10.7. The lowest BCUT2D eigenvalue weighted by molar-refractivity contribution is -0.121. The number of thiocarbonyl (C=S) groups is 1. The maximum Gasteiger partial charge on any atom is 0.238 e. The van der Waals surface area contributed by atoms with Crippen molar-refractivity contribution in [3.63, 3.8) is 0 Å². The van der Waals surface area contributed by atoms with Crippen LogP contribution in [0.3, 0.4) is 0 Å². The van der Waals surface area contributed by atoms with Gasteiger partial charge in [0.05, 0.1) is 0 Å². The Bertz CT molecular complexity index is 244. The van der Waals surface area contributed by atoms with Crippen molar-refractivity contribution < 1.29 is 4.79 Å². The molecule has 0 aromatic rings. The molecule has 0 fully saturated rings. The molecule has 0 spiro atoms. The highest BCUT2D eigenvalue weighted by molar-refractivity contribution is 7.80. The Labute approximate surface area is 109 Å². The summed E-state index contributed by atoms with van der Waals surface area (Å²) < 4.78 is 0. The summed E-state index contributed by atoms with van der Waals surface area (Å²) in [6, 6.07) is 0. The maximum absolute atomic E-state index is 11.2. The second kappa shape index (κ2) is 11.4. The summed E-state index contributed by atoms with van der Waals surface area (Å²) in [4.78, 5) is 11.2. The first kappa shape index (κ1) is 15.9. The fourth-order valence-electron chi connectivity index (χ4n) is 1.48. The zero-order valence-corrected chi connectivity index (χ0v) is 11.2. The largest absolute Gasteiger partial charge is 0.375 e. The van der Waals surface area contributed by atoms with Crippen molar-refractivity contribution in [3.05, 3.63) is 12.7 Å². The molecule has 0 aromatic carbocycles. The lowest BCUT2D eigenvalue weighted by Gasteiger charge is -2.05. The van der Waals surface area contributed by atoms with Gasteiger partial charge < -0.3 is 5.73 Å². The molecule has 0 rings (SSSR count). The van der Waals surface area contributed by atoms with Gasteiger partial charge in [0.2, 0.25) is 5.91 Å². The van der Waals surface area contributed by atoms with E-state index in [2.05, 4.69) is 29.6 Å². The van der Waals surface area contributed by atoms with Crippen LogP contribution in [0.1, 0.15) is 51.4 Å². The molecule has 0 radical (unpaired) electrons. The topological polar surface area (TPSA) is 67.2 Å². The quantitative estimate of drug-likeness (QED) is 0.256. The first-order chi connectivity index (χ1) is 8.16. The second-order valence-corrected chi connectivity index (χ2v) is 4.43. The molecule has 0 atom stereocenters. The molecule has 0 aromatic heterocycles. The van der Waals surface area contributed by atoms with E-state index in [4.69, 9.17) is 5.73 Å². The van der Waals surface area contributed by atoms with Crippen molar-refractivity contribution in [2.24, 2.45) is 5.73 Å². The summed E-state index contributed by atoms with van der Waals surface area (Å²) in [6.07, 6.45) is 10.5. The number of nitrogens with one attached hydrogen (secondary N) is 2. The highest BCUT2D eigenvalue weighted by Gasteiger charge is 2.00. The van der Waals surface area contributed by atoms with Gasteiger partial charge in [-0.1, -0.05) is 31.8 Å². The molecular weight excluding hydrogens is 234 g/mol. The van der Waals surface area contributed by atoms with E-state index in [1.807, 2.05) is 6.08 Å². The van der Waals surface area contributed by atoms with Crippen LogP contribution in [0.25, 0.3) is 0 Å². The van der Waals surface area contributed by atoms with Gasteiger partial charge in [0.15, 0.2) is 5.11 Å². The molecule has 98 valence electrons. The van der Waals surface area contributed by atoms with Crippen LogP contribution in [0.2, 0.25) is 0 Å². The number of rotatable bonds is 9. The second-order valence-electron chi connectivity index (χ2n) is 3.99. The first-order valence-corrected chi connectivity index (χ1v) is 6.53. The standard InChI is InChI=1S/C12H23N3OS/c1-2-3-4-5-6-7-8-9-10-11(16)14-15-12(13)17/h2H,1,3-10H2,(H,14,16)(H3,13,15,17). The number of nitrogens with two attached hydrogens (primary N) is 1. The van der Waals surface area contributed by atoms with E-state index in [9.17, 15) is 4.79 Å². The third kappa shape index (κ3) is 12.8. The minimum absolute atomic E-state index is 0.0653. The molecule has 0 bridgehead atoms. The molecule has 0 saturated heterocycles. The fourth-order valence-corrected chi connectivity index (χ4v) is 1.53. The lowest BCUT2D eigenvalue weighted by atomic mass is 10.1. The van der Waals surface area contributed by atoms with Crippen LogP contribution in [0.4, 0.5) is 0 Å². The van der Waals surface area contributed by atoms with Crippen LogP contribution < -0.4 is 16.6 Å². The molecule has 0 aliphatic rings. The SMILES string of the molecule is C=CCCCCCCCCC(=O)NNC(N)=S. The zero-order valence-electron chi connectivity index (χ0n) is 10.3. The Morgan fingerprint density at radius 1 is 1.12 bits per heavy atom. The van der Waals surface area contributed by atoms with Crippen LogP contribution >= 0.6 is 12.2 Å². The highest BCUT2D eigenvalue weighted by Crippen LogP contribution is 2.08. The van der Waals surface area contributed by atoms with Gasteiger partial charge in [0.25, 0.3) is 0 Å². The van der Waals surface area contributed by atoms with E-state index in [0.29, 0.717) is 6.42 Å². The number of carbonyl (C=O) groups is 1. The maximum atomic E-state index is 11.2. The van der Waals surface area contributed by atoms with Gasteiger partial charge in [-0.15, -0.1) is 6.58 Å². The van der Waals surface area contributed by atoms with Crippen LogP contribution in [0.15, 0.2) is 12.7 Å². The fraction of sp³-hybridized carbons (Fsp3) is 0.667. The number of allylic oxidation sites excluding steroid dienone is 1. The number of unbranched alkanes of at least 4 members (excludes halogenated alkanes) is 6. The molecule has 0 heterocycles. The minimum atomic E-state index is -0.0653. The predicted octanol–water partition coefficient (Wildman–Crippen LogP) is 2.16. The van der Waals surface area contributed by atoms with Gasteiger partial charge in [-0.25, -0.2) is 0 Å². The Hall–Kier alpha value is -1.10. The average molecular weight is 257 g/mol. The van der Waals surface area contributed by atoms with Gasteiger partial charge in [0, 0.05) is 6.42 Å². The molecule has 4 nitrogen and oxygen atoms in total. The summed E-state index contributed by atoms with van der Waals surface area (Å²) in [5.74, 6) is -0.0653. The molecular formula is C12H23N3OS. The van der Waals surface area contributed by atoms with Gasteiger partial charge >= 0.3 is 0 Å². The van der Waals surface area contributed by atoms with E-state index in [-0.39, 0.29) is 11.0 Å². The van der Waals surface area contributed by atoms with Gasteiger partial charge in [-0.3, -0.25) is 15.6 Å². The van der Waals surface area contributed by atoms with E-state index in [1.54, 1.807) is 0 Å². The Morgan fingerprint density at radius 3 is 2.29 bits per heavy atom. The van der Waals surface area contributed by atoms with Crippen molar-refractivity contribution in [2.45, 2.75) is 51.4 Å². The lowest BCUT2D eigenvalue weighted by Crippen LogP contribution is -2.44. The molecule has 4 N–H and O–H groups in total. The van der Waals surface area contributed by atoms with E-state index in [1.165, 1.54) is 25.7 Å². The van der Waals surface area contributed by atoms with Crippen molar-refractivity contribution in [1.29, 1.82) is 0 Å². The third-order valence-corrected chi connectivity index (χ3v) is 2.49. The molecule has 17 heavy (non-hydrogen) atoms. The van der Waals surface area contributed by atoms with Crippen molar-refractivity contribution in [3.8, 4) is 0 Å². The smallest absolute Gasteiger partial charge is 0.238 e. The molecule has 0 aliphatic carbocycles. The van der Waals surface area contributed by atoms with Crippen LogP contribution in [0, 0.1) is 0 Å². The summed E-state index contributed by atoms with van der Waals surface area (Å²) in [5, 5.41) is 0.0839. The van der Waals surface area contributed by atoms with Gasteiger partial charge in [-0.2, -0.15) is 0 Å². The number of amides is 1. The number of hydrazine groups is 1. The van der Waals surface area contributed by atoms with Gasteiger partial charge in [0.1, 0.15) is 0 Å². The molecule has 1 amide bonds. The highest BCUT2D eigenvalue weighted by atomic mass is 32.1. The van der Waals surface area contributed by atoms with E-state index < -0.39 is 0 Å². The van der Waals surface area contributed by atoms with Crippen molar-refractivity contribution in [2.75, 3.05) is 0 Å². The molecule has 0 saturated carbocycles. The average Bonchev–Trinajstić information content (AvgIpc) is 2.30. The minimum Gasteiger partial charge on any atom is -0.375 e. The summed E-state index contributed by atoms with van der Waals surface area (Å²) in [7, 11) is 0. The van der Waals surface area contributed by atoms with Crippen LogP contribution in [-0.2, 0) is 4.79 Å². The summed E-state index contributed by atoms with van der Waals surface area (Å²) >= 11 is 4.56. The van der Waals surface area contributed by atoms with E-state index in [0.717, 1.165) is 19.3 Å². The predicted molar refractivity (Wildman–Crippen MR) is 75.2 cm³/mol. The number of carbonyl (C=O) groups excluding carboxylic acids is 1. The third-order valence-electron chi connectivity index (χ3n) is 2.39. The monoisotopic (exact) mass is 257 g/mol. The van der Waals surface area contributed by atoms with Crippen molar-refractivity contribution >= 4 is 23.2 Å². The normalized spacial score (nSPS) is 9.65. The summed E-state index contributed by atoms with van der Waals surface area (Å²) in [6.45, 7) is 3.69. The molecule has 0 aliphatic heterocycles. The summed E-state index contributed by atoms with van der Waals surface area (Å²) in [5.41, 5.74) is 10.0. The molecule has 0 unspecified atom stereocenters. The Balaban J connectivity index is 3.19. The number of hydrogen-bond donors (Lipinski definition) is 3.